The SMILES string of the molecule is CC[C@H]1OC(=O)[C@H](C)[C@H]2OC/C(=N\OCc3cccc(-c4cccnn4)n3)CO[C@](C)(C[C@@H](C)C3=NCCN4C(=O)O[C@@]1(C)[C@H]4[C@H]3C)[C@H](O[C@H]1O[C@@H](C)C[C@@H](N(C)C)[C@@H]1O)[C@H]2C. The van der Waals surface area contributed by atoms with Gasteiger partial charge in [-0.1, -0.05) is 38.9 Å². The molecule has 14 atom stereocenters. The highest BCUT2D eigenvalue weighted by molar-refractivity contribution is 5.91. The van der Waals surface area contributed by atoms with E-state index in [1.54, 1.807) is 24.1 Å². The van der Waals surface area contributed by atoms with E-state index in [4.69, 9.17) is 43.2 Å². The van der Waals surface area contributed by atoms with Gasteiger partial charge in [-0.3, -0.25) is 14.7 Å². The van der Waals surface area contributed by atoms with Crippen molar-refractivity contribution in [2.24, 2.45) is 33.8 Å². The molecule has 62 heavy (non-hydrogen) atoms. The Kier molecular flexibility index (Phi) is 14.0. The number of pyridine rings is 1. The quantitative estimate of drug-likeness (QED) is 0.284. The van der Waals surface area contributed by atoms with E-state index < -0.39 is 71.8 Å². The van der Waals surface area contributed by atoms with Gasteiger partial charge in [0.05, 0.1) is 67.0 Å². The van der Waals surface area contributed by atoms with Gasteiger partial charge in [0, 0.05) is 36.3 Å². The van der Waals surface area contributed by atoms with Gasteiger partial charge < -0.3 is 43.3 Å². The lowest BCUT2D eigenvalue weighted by atomic mass is 9.72. The fourth-order valence-electron chi connectivity index (χ4n) is 10.5. The average Bonchev–Trinajstić information content (AvgIpc) is 3.39. The summed E-state index contributed by atoms with van der Waals surface area (Å²) in [5, 5.41) is 24.5. The van der Waals surface area contributed by atoms with Gasteiger partial charge in [0.2, 0.25) is 0 Å². The third-order valence-electron chi connectivity index (χ3n) is 13.6. The number of fused-ring (bicyclic) bond motifs is 4. The molecule has 0 spiro atoms. The number of carbonyl (C=O) groups excluding carboxylic acids is 2. The van der Waals surface area contributed by atoms with Crippen LogP contribution < -0.4 is 0 Å². The standard InChI is InChI=1S/C45H65N7O10/c1-11-35-45(8)39-27(4)36(46-18-19-52(39)43(55)62-45)25(2)21-44(7)40(61-42-37(53)34(51(9)10)20-26(3)59-42)28(5)38(29(6)41(54)60-35)56-22-31(23-57-44)50-58-24-30-14-12-15-32(48-30)33-16-13-17-47-49-33/h12-17,25-29,34-35,37-40,42,53H,11,18-24H2,1-10H3/b50-31+/t25-,26+,27+,28+,29-,34-,35-,37+,38+,39-,40-,42-,44-,45-/m1/s1. The van der Waals surface area contributed by atoms with Gasteiger partial charge in [0.1, 0.15) is 23.6 Å². The lowest BCUT2D eigenvalue weighted by Crippen LogP contribution is -2.60. The summed E-state index contributed by atoms with van der Waals surface area (Å²) in [5.74, 6) is -2.33. The fourth-order valence-corrected chi connectivity index (χ4v) is 10.5. The predicted octanol–water partition coefficient (Wildman–Crippen LogP) is 4.70. The number of amides is 1. The van der Waals surface area contributed by atoms with Crippen LogP contribution in [0.25, 0.3) is 11.4 Å². The lowest BCUT2D eigenvalue weighted by Gasteiger charge is -2.48. The lowest BCUT2D eigenvalue weighted by molar-refractivity contribution is -0.302. The number of aliphatic imine (C=N–C) groups is 1. The third kappa shape index (κ3) is 9.25. The van der Waals surface area contributed by atoms with Crippen LogP contribution in [0.15, 0.2) is 46.7 Å². The van der Waals surface area contributed by atoms with E-state index in [1.807, 2.05) is 77.9 Å². The van der Waals surface area contributed by atoms with Gasteiger partial charge in [0.25, 0.3) is 0 Å². The van der Waals surface area contributed by atoms with Crippen LogP contribution in [0.5, 0.6) is 0 Å². The first-order valence-corrected chi connectivity index (χ1v) is 22.1. The van der Waals surface area contributed by atoms with E-state index >= 15 is 0 Å². The zero-order valence-corrected chi connectivity index (χ0v) is 37.8. The molecular formula is C45H65N7O10. The molecule has 0 saturated carbocycles. The first-order valence-electron chi connectivity index (χ1n) is 22.1. The van der Waals surface area contributed by atoms with Gasteiger partial charge in [0.15, 0.2) is 18.5 Å². The average molecular weight is 864 g/mol. The highest BCUT2D eigenvalue weighted by Crippen LogP contribution is 2.45. The smallest absolute Gasteiger partial charge is 0.410 e. The number of aliphatic hydroxyl groups excluding tert-OH is 1. The summed E-state index contributed by atoms with van der Waals surface area (Å²) in [7, 11) is 3.87. The predicted molar refractivity (Wildman–Crippen MR) is 228 cm³/mol. The van der Waals surface area contributed by atoms with Crippen molar-refractivity contribution in [3.8, 4) is 11.4 Å². The van der Waals surface area contributed by atoms with Crippen LogP contribution in [-0.4, -0.2) is 154 Å². The van der Waals surface area contributed by atoms with Gasteiger partial charge in [-0.15, -0.1) is 5.10 Å². The molecule has 1 N–H and O–H groups in total. The largest absolute Gasteiger partial charge is 0.458 e. The number of esters is 1. The summed E-state index contributed by atoms with van der Waals surface area (Å²) in [6.45, 7) is 16.5. The molecule has 5 aliphatic rings. The Morgan fingerprint density at radius 1 is 1.03 bits per heavy atom. The van der Waals surface area contributed by atoms with Crippen molar-refractivity contribution in [2.75, 3.05) is 40.4 Å². The minimum absolute atomic E-state index is 0.00399. The summed E-state index contributed by atoms with van der Waals surface area (Å²) in [6.07, 6.45) is -1.97. The monoisotopic (exact) mass is 863 g/mol. The molecule has 340 valence electrons. The number of aromatic nitrogens is 3. The van der Waals surface area contributed by atoms with Crippen molar-refractivity contribution in [1.82, 2.24) is 25.0 Å². The number of hydrogen-bond acceptors (Lipinski definition) is 16. The Morgan fingerprint density at radius 2 is 1.81 bits per heavy atom. The molecule has 0 radical (unpaired) electrons. The van der Waals surface area contributed by atoms with Gasteiger partial charge >= 0.3 is 12.1 Å². The normalized spacial score (nSPS) is 38.9. The first-order chi connectivity index (χ1) is 29.5. The molecular weight excluding hydrogens is 799 g/mol. The number of hydrogen-bond donors (Lipinski definition) is 1. The number of oxime groups is 1. The van der Waals surface area contributed by atoms with E-state index in [9.17, 15) is 14.7 Å². The van der Waals surface area contributed by atoms with Crippen LogP contribution in [0.2, 0.25) is 0 Å². The number of ether oxygens (including phenoxy) is 6. The number of likely N-dealkylation sites (N-methyl/N-ethyl adjacent to an activating group) is 1. The minimum Gasteiger partial charge on any atom is -0.458 e. The second-order valence-corrected chi connectivity index (χ2v) is 18.4. The third-order valence-corrected chi connectivity index (χ3v) is 13.6. The van der Waals surface area contributed by atoms with Gasteiger partial charge in [-0.05, 0) is 91.2 Å². The van der Waals surface area contributed by atoms with Crippen molar-refractivity contribution in [2.45, 2.75) is 141 Å². The molecule has 7 heterocycles. The highest BCUT2D eigenvalue weighted by atomic mass is 16.7. The van der Waals surface area contributed by atoms with Crippen molar-refractivity contribution >= 4 is 23.5 Å². The van der Waals surface area contributed by atoms with Crippen LogP contribution in [0, 0.1) is 23.7 Å². The molecule has 0 unspecified atom stereocenters. The summed E-state index contributed by atoms with van der Waals surface area (Å²) in [4.78, 5) is 47.7. The van der Waals surface area contributed by atoms with Crippen molar-refractivity contribution in [3.63, 3.8) is 0 Å². The van der Waals surface area contributed by atoms with Crippen molar-refractivity contribution < 1.29 is 48.0 Å². The molecule has 5 aliphatic heterocycles. The fraction of sp³-hybridized carbons (Fsp3) is 0.711. The number of rotatable bonds is 8. The van der Waals surface area contributed by atoms with Crippen molar-refractivity contribution in [1.29, 1.82) is 0 Å². The van der Waals surface area contributed by atoms with Crippen molar-refractivity contribution in [3.05, 3.63) is 42.2 Å². The zero-order valence-electron chi connectivity index (χ0n) is 37.8. The topological polar surface area (TPSA) is 189 Å². The molecule has 4 bridgehead atoms. The molecule has 4 saturated heterocycles. The van der Waals surface area contributed by atoms with Crippen LogP contribution in [0.4, 0.5) is 4.79 Å². The molecule has 17 heteroatoms. The highest BCUT2D eigenvalue weighted by Gasteiger charge is 2.60. The van der Waals surface area contributed by atoms with Gasteiger partial charge in [-0.25, -0.2) is 9.78 Å². The van der Waals surface area contributed by atoms with E-state index in [1.165, 1.54) is 0 Å². The summed E-state index contributed by atoms with van der Waals surface area (Å²) < 4.78 is 39.9. The number of carbonyl (C=O) groups is 2. The molecule has 2 aromatic heterocycles. The maximum Gasteiger partial charge on any atom is 0.410 e. The number of nitrogens with zero attached hydrogens (tertiary/aromatic N) is 7. The number of cyclic esters (lactones) is 1. The second kappa shape index (κ2) is 18.9. The maximum absolute atomic E-state index is 14.6. The molecule has 7 rings (SSSR count). The molecule has 2 aromatic rings. The van der Waals surface area contributed by atoms with Crippen LogP contribution in [-0.2, 0) is 44.7 Å². The minimum atomic E-state index is -1.15. The number of aliphatic hydroxyl groups is 1. The summed E-state index contributed by atoms with van der Waals surface area (Å²) >= 11 is 0. The summed E-state index contributed by atoms with van der Waals surface area (Å²) in [6, 6.07) is 8.53. The molecule has 4 fully saturated rings. The Hall–Kier alpha value is -4.13. The summed E-state index contributed by atoms with van der Waals surface area (Å²) in [5.41, 5.74) is 1.00. The Balaban J connectivity index is 1.28. The van der Waals surface area contributed by atoms with E-state index in [0.29, 0.717) is 55.1 Å². The van der Waals surface area contributed by atoms with Crippen LogP contribution >= 0.6 is 0 Å². The van der Waals surface area contributed by atoms with Gasteiger partial charge in [-0.2, -0.15) is 5.10 Å². The Labute approximate surface area is 364 Å². The maximum atomic E-state index is 14.6. The van der Waals surface area contributed by atoms with Crippen LogP contribution in [0.3, 0.4) is 0 Å². The zero-order chi connectivity index (χ0) is 44.5. The molecule has 17 nitrogen and oxygen atoms in total. The van der Waals surface area contributed by atoms with E-state index in [2.05, 4.69) is 29.2 Å². The molecule has 0 aliphatic carbocycles. The van der Waals surface area contributed by atoms with E-state index in [0.717, 1.165) is 5.71 Å². The second-order valence-electron chi connectivity index (χ2n) is 18.4. The van der Waals surface area contributed by atoms with Crippen LogP contribution in [0.1, 0.15) is 80.3 Å². The molecule has 1 amide bonds. The Bertz CT molecular complexity index is 1960. The van der Waals surface area contributed by atoms with E-state index in [-0.39, 0.29) is 43.8 Å². The first kappa shape index (κ1) is 45.9. The molecule has 0 aromatic carbocycles. The Morgan fingerprint density at radius 3 is 2.53 bits per heavy atom.